The van der Waals surface area contributed by atoms with Crippen LogP contribution in [0.15, 0.2) is 42.4 Å². The maximum atomic E-state index is 2.37. The van der Waals surface area contributed by atoms with Crippen molar-refractivity contribution in [3.05, 3.63) is 47.9 Å². The number of aryl methyl sites for hydroxylation is 1. The van der Waals surface area contributed by atoms with Gasteiger partial charge in [0.25, 0.3) is 0 Å². The van der Waals surface area contributed by atoms with Crippen molar-refractivity contribution in [1.29, 1.82) is 0 Å². The minimum Gasteiger partial charge on any atom is -0.338 e. The van der Waals surface area contributed by atoms with E-state index in [4.69, 9.17) is 0 Å². The van der Waals surface area contributed by atoms with Crippen molar-refractivity contribution >= 4 is 7.41 Å². The highest BCUT2D eigenvalue weighted by atomic mass is 15.1. The molecule has 0 saturated carbocycles. The van der Waals surface area contributed by atoms with Crippen LogP contribution in [0.2, 0.25) is 0 Å². The van der Waals surface area contributed by atoms with Crippen LogP contribution in [0.25, 0.3) is 0 Å². The van der Waals surface area contributed by atoms with E-state index in [1.165, 1.54) is 5.56 Å². The third-order valence-electron chi connectivity index (χ3n) is 3.03. The molecule has 0 aliphatic rings. The van der Waals surface area contributed by atoms with E-state index in [2.05, 4.69) is 82.3 Å². The minimum absolute atomic E-state index is 0.559. The zero-order chi connectivity index (χ0) is 13.4. The van der Waals surface area contributed by atoms with Crippen LogP contribution in [0.1, 0.15) is 39.7 Å². The van der Waals surface area contributed by atoms with E-state index >= 15 is 0 Å². The molecule has 18 heavy (non-hydrogen) atoms. The van der Waals surface area contributed by atoms with Gasteiger partial charge in [-0.1, -0.05) is 64.1 Å². The third kappa shape index (κ3) is 5.55. The molecule has 0 bridgehead atoms. The molecular weight excluding hydrogens is 217 g/mol. The first kappa shape index (κ1) is 15.0. The van der Waals surface area contributed by atoms with Crippen molar-refractivity contribution in [3.8, 4) is 0 Å². The lowest BCUT2D eigenvalue weighted by atomic mass is 9.86. The second-order valence-electron chi connectivity index (χ2n) is 5.24. The molecule has 0 aliphatic heterocycles. The Kier molecular flexibility index (Phi) is 6.81. The molecule has 1 aromatic rings. The Bertz CT molecular complexity index is 335. The lowest BCUT2D eigenvalue weighted by Gasteiger charge is -2.28. The Morgan fingerprint density at radius 1 is 1.06 bits per heavy atom. The summed E-state index contributed by atoms with van der Waals surface area (Å²) < 4.78 is 0. The van der Waals surface area contributed by atoms with Crippen LogP contribution in [-0.2, 0) is 6.42 Å². The van der Waals surface area contributed by atoms with E-state index in [0.717, 1.165) is 12.8 Å². The molecule has 0 aliphatic carbocycles. The van der Waals surface area contributed by atoms with E-state index in [9.17, 15) is 0 Å². The van der Waals surface area contributed by atoms with E-state index in [1.807, 2.05) is 0 Å². The molecule has 0 atom stereocenters. The summed E-state index contributed by atoms with van der Waals surface area (Å²) in [5, 5.41) is 0. The van der Waals surface area contributed by atoms with Crippen molar-refractivity contribution in [2.75, 3.05) is 0 Å². The fourth-order valence-electron chi connectivity index (χ4n) is 2.09. The molecule has 1 radical (unpaired) electrons. The van der Waals surface area contributed by atoms with E-state index in [-0.39, 0.29) is 0 Å². The molecule has 0 amide bonds. The van der Waals surface area contributed by atoms with Crippen LogP contribution in [0, 0.1) is 0 Å². The summed E-state index contributed by atoms with van der Waals surface area (Å²) in [6.07, 6.45) is 4.48. The quantitative estimate of drug-likeness (QED) is 0.656. The fourth-order valence-corrected chi connectivity index (χ4v) is 2.09. The molecule has 0 fully saturated rings. The van der Waals surface area contributed by atoms with Crippen molar-refractivity contribution in [3.63, 3.8) is 0 Å². The van der Waals surface area contributed by atoms with Crippen molar-refractivity contribution in [1.82, 2.24) is 4.81 Å². The molecule has 2 heteroatoms. The van der Waals surface area contributed by atoms with Gasteiger partial charge in [-0.15, -0.1) is 5.98 Å². The van der Waals surface area contributed by atoms with Gasteiger partial charge in [-0.05, 0) is 30.5 Å². The summed E-state index contributed by atoms with van der Waals surface area (Å²) in [4.78, 5) is 2.37. The van der Waals surface area contributed by atoms with Crippen LogP contribution in [-0.4, -0.2) is 24.3 Å². The summed E-state index contributed by atoms with van der Waals surface area (Å²) in [5.74, 6) is 2.18. The van der Waals surface area contributed by atoms with Crippen LogP contribution in [0.5, 0.6) is 0 Å². The molecule has 1 nitrogen and oxygen atoms in total. The third-order valence-corrected chi connectivity index (χ3v) is 3.03. The lowest BCUT2D eigenvalue weighted by Crippen LogP contribution is -2.39. The van der Waals surface area contributed by atoms with E-state index in [0.29, 0.717) is 12.1 Å². The van der Waals surface area contributed by atoms with Crippen LogP contribution >= 0.6 is 0 Å². The predicted molar refractivity (Wildman–Crippen MR) is 81.8 cm³/mol. The predicted octanol–water partition coefficient (Wildman–Crippen LogP) is 3.87. The number of hydrogen-bond acceptors (Lipinski definition) is 1. The highest BCUT2D eigenvalue weighted by molar-refractivity contribution is 6.38. The number of allylic oxidation sites excluding steroid dienone is 1. The smallest absolute Gasteiger partial charge is 0.239 e. The van der Waals surface area contributed by atoms with Gasteiger partial charge in [0.2, 0.25) is 7.41 Å². The van der Waals surface area contributed by atoms with Crippen molar-refractivity contribution < 1.29 is 0 Å². The summed E-state index contributed by atoms with van der Waals surface area (Å²) >= 11 is 0. The van der Waals surface area contributed by atoms with Gasteiger partial charge >= 0.3 is 0 Å². The minimum atomic E-state index is 0.559. The average molecular weight is 242 g/mol. The van der Waals surface area contributed by atoms with Gasteiger partial charge in [0.1, 0.15) is 0 Å². The number of hydrogen-bond donors (Lipinski definition) is 0. The highest BCUT2D eigenvalue weighted by Gasteiger charge is 2.11. The number of benzene rings is 1. The summed E-state index contributed by atoms with van der Waals surface area (Å²) in [5.41, 5.74) is 1.41. The molecule has 1 rings (SSSR count). The van der Waals surface area contributed by atoms with Crippen LogP contribution < -0.4 is 0 Å². The van der Waals surface area contributed by atoms with Gasteiger partial charge in [0, 0.05) is 0 Å². The van der Waals surface area contributed by atoms with Crippen molar-refractivity contribution in [2.24, 2.45) is 0 Å². The highest BCUT2D eigenvalue weighted by Crippen LogP contribution is 2.05. The second-order valence-corrected chi connectivity index (χ2v) is 5.24. The number of rotatable bonds is 7. The Labute approximate surface area is 113 Å². The molecule has 97 valence electrons. The first-order valence-corrected chi connectivity index (χ1v) is 6.92. The van der Waals surface area contributed by atoms with Gasteiger partial charge in [-0.2, -0.15) is 0 Å². The molecule has 0 unspecified atom stereocenters. The Hall–Kier alpha value is -1.02. The first-order valence-electron chi connectivity index (χ1n) is 6.92. The molecule has 0 heterocycles. The Morgan fingerprint density at radius 3 is 2.22 bits per heavy atom. The van der Waals surface area contributed by atoms with Gasteiger partial charge in [0.05, 0.1) is 0 Å². The maximum Gasteiger partial charge on any atom is 0.239 e. The monoisotopic (exact) mass is 242 g/mol. The first-order chi connectivity index (χ1) is 8.61. The van der Waals surface area contributed by atoms with Gasteiger partial charge < -0.3 is 4.81 Å². The Morgan fingerprint density at radius 2 is 1.67 bits per heavy atom. The SMILES string of the molecule is CC(C)N([B]/C=C/CCc1ccccc1)C(C)C. The topological polar surface area (TPSA) is 3.24 Å². The van der Waals surface area contributed by atoms with Crippen LogP contribution in [0.3, 0.4) is 0 Å². The van der Waals surface area contributed by atoms with Crippen LogP contribution in [0.4, 0.5) is 0 Å². The molecule has 0 saturated heterocycles. The lowest BCUT2D eigenvalue weighted by molar-refractivity contribution is 0.315. The van der Waals surface area contributed by atoms with E-state index in [1.54, 1.807) is 0 Å². The summed E-state index contributed by atoms with van der Waals surface area (Å²) in [6, 6.07) is 11.8. The molecular formula is C16H25BN. The fraction of sp³-hybridized carbons (Fsp3) is 0.500. The summed E-state index contributed by atoms with van der Waals surface area (Å²) in [6.45, 7) is 8.92. The summed E-state index contributed by atoms with van der Waals surface area (Å²) in [7, 11) is 2.21. The molecule has 0 N–H and O–H groups in total. The maximum absolute atomic E-state index is 2.37. The molecule has 0 aromatic heterocycles. The number of nitrogens with zero attached hydrogens (tertiary/aromatic N) is 1. The zero-order valence-electron chi connectivity index (χ0n) is 12.1. The van der Waals surface area contributed by atoms with Gasteiger partial charge in [-0.25, -0.2) is 0 Å². The van der Waals surface area contributed by atoms with E-state index < -0.39 is 0 Å². The second kappa shape index (κ2) is 8.15. The normalized spacial score (nSPS) is 11.9. The molecule has 1 aromatic carbocycles. The zero-order valence-corrected chi connectivity index (χ0v) is 12.1. The standard InChI is InChI=1S/C16H25BN/c1-14(2)18(15(3)4)17-13-9-8-12-16-10-6-5-7-11-16/h5-7,9-11,13-15H,8,12H2,1-4H3/b13-9+. The average Bonchev–Trinajstić information content (AvgIpc) is 2.34. The Balaban J connectivity index is 2.29. The molecule has 0 spiro atoms. The largest absolute Gasteiger partial charge is 0.338 e. The van der Waals surface area contributed by atoms with Gasteiger partial charge in [-0.3, -0.25) is 0 Å². The van der Waals surface area contributed by atoms with Gasteiger partial charge in [0.15, 0.2) is 0 Å². The van der Waals surface area contributed by atoms with Crippen molar-refractivity contribution in [2.45, 2.75) is 52.6 Å².